The van der Waals surface area contributed by atoms with Gasteiger partial charge in [-0.2, -0.15) is 10.1 Å². The summed E-state index contributed by atoms with van der Waals surface area (Å²) in [5.41, 5.74) is 4.56. The largest absolute Gasteiger partial charge is 0.867 e. The molecule has 2 aromatic heterocycles. The topological polar surface area (TPSA) is 134 Å². The summed E-state index contributed by atoms with van der Waals surface area (Å²) in [7, 11) is 0. The third kappa shape index (κ3) is 2.86. The number of aromatic nitrogens is 4. The second-order valence-electron chi connectivity index (χ2n) is 5.89. The van der Waals surface area contributed by atoms with Crippen LogP contribution >= 0.6 is 0 Å². The number of nitrogens with one attached hydrogen (secondary N) is 1. The van der Waals surface area contributed by atoms with Crippen LogP contribution in [0.3, 0.4) is 0 Å². The van der Waals surface area contributed by atoms with E-state index in [0.717, 1.165) is 17.0 Å². The molecule has 4 rings (SSSR count). The molecule has 0 atom stereocenters. The maximum Gasteiger partial charge on any atom is 0.265 e. The standard InChI is InChI=1S/C18H15N7O3/c1-2-24-13-8-4-3-7-12(13)15-17(24)20-18(23-21-15)22-19-10-11-6-5-9-14(16(11)26)25(27)28/h3-10,26H,2H2,1H3,(H,20,22,23)/p-1/b19-10-. The monoisotopic (exact) mass is 376 g/mol. The summed E-state index contributed by atoms with van der Waals surface area (Å²) in [6.07, 6.45) is 1.19. The van der Waals surface area contributed by atoms with Crippen LogP contribution in [0.4, 0.5) is 11.6 Å². The highest BCUT2D eigenvalue weighted by atomic mass is 16.6. The van der Waals surface area contributed by atoms with Crippen molar-refractivity contribution in [3.05, 3.63) is 58.1 Å². The number of hydrazone groups is 1. The average molecular weight is 376 g/mol. The van der Waals surface area contributed by atoms with Gasteiger partial charge in [0.15, 0.2) is 5.65 Å². The second-order valence-corrected chi connectivity index (χ2v) is 5.89. The Bertz CT molecular complexity index is 1230. The average Bonchev–Trinajstić information content (AvgIpc) is 3.02. The van der Waals surface area contributed by atoms with Crippen LogP contribution < -0.4 is 10.5 Å². The number of fused-ring (bicyclic) bond motifs is 3. The molecule has 0 aliphatic carbocycles. The Labute approximate surface area is 158 Å². The SMILES string of the molecule is CCn1c2ccccc2c2nnc(N/N=C\c3cccc([N+](=O)[O-])c3[O-])nc21. The van der Waals surface area contributed by atoms with Crippen molar-refractivity contribution >= 4 is 39.9 Å². The van der Waals surface area contributed by atoms with Crippen LogP contribution in [0.5, 0.6) is 5.75 Å². The van der Waals surface area contributed by atoms with Gasteiger partial charge in [0, 0.05) is 18.0 Å². The Hall–Kier alpha value is -4.08. The highest BCUT2D eigenvalue weighted by Crippen LogP contribution is 2.26. The van der Waals surface area contributed by atoms with Gasteiger partial charge in [0.05, 0.1) is 16.7 Å². The fraction of sp³-hybridized carbons (Fsp3) is 0.111. The van der Waals surface area contributed by atoms with Crippen molar-refractivity contribution in [3.8, 4) is 5.75 Å². The number of nitrogens with zero attached hydrogens (tertiary/aromatic N) is 6. The Morgan fingerprint density at radius 3 is 2.82 bits per heavy atom. The molecular formula is C18H14N7O3-. The minimum atomic E-state index is -0.725. The summed E-state index contributed by atoms with van der Waals surface area (Å²) in [4.78, 5) is 14.6. The number of rotatable bonds is 5. The molecule has 0 radical (unpaired) electrons. The highest BCUT2D eigenvalue weighted by molar-refractivity contribution is 6.04. The zero-order chi connectivity index (χ0) is 19.7. The van der Waals surface area contributed by atoms with Gasteiger partial charge < -0.3 is 9.67 Å². The van der Waals surface area contributed by atoms with E-state index in [1.54, 1.807) is 0 Å². The molecule has 140 valence electrons. The first-order chi connectivity index (χ1) is 13.6. The molecule has 0 amide bonds. The quantitative estimate of drug-likeness (QED) is 0.321. The van der Waals surface area contributed by atoms with Gasteiger partial charge in [-0.15, -0.1) is 10.2 Å². The zero-order valence-corrected chi connectivity index (χ0v) is 14.7. The fourth-order valence-electron chi connectivity index (χ4n) is 3.02. The van der Waals surface area contributed by atoms with Gasteiger partial charge in [-0.05, 0) is 24.3 Å². The molecular weight excluding hydrogens is 362 g/mol. The maximum absolute atomic E-state index is 12.0. The van der Waals surface area contributed by atoms with Gasteiger partial charge in [0.25, 0.3) is 11.6 Å². The van der Waals surface area contributed by atoms with Crippen molar-refractivity contribution in [2.24, 2.45) is 5.10 Å². The van der Waals surface area contributed by atoms with E-state index in [4.69, 9.17) is 0 Å². The van der Waals surface area contributed by atoms with Crippen molar-refractivity contribution in [1.82, 2.24) is 19.7 Å². The van der Waals surface area contributed by atoms with Gasteiger partial charge in [-0.25, -0.2) is 5.43 Å². The Balaban J connectivity index is 1.66. The van der Waals surface area contributed by atoms with Gasteiger partial charge in [0.1, 0.15) is 5.52 Å². The normalized spacial score (nSPS) is 11.5. The molecule has 1 N–H and O–H groups in total. The number of para-hydroxylation sites is 2. The van der Waals surface area contributed by atoms with Crippen LogP contribution in [0, 0.1) is 10.1 Å². The summed E-state index contributed by atoms with van der Waals surface area (Å²) in [5.74, 6) is -0.558. The van der Waals surface area contributed by atoms with Crippen molar-refractivity contribution < 1.29 is 10.0 Å². The summed E-state index contributed by atoms with van der Waals surface area (Å²) in [6.45, 7) is 2.72. The van der Waals surface area contributed by atoms with E-state index >= 15 is 0 Å². The molecule has 0 bridgehead atoms. The summed E-state index contributed by atoms with van der Waals surface area (Å²) in [5, 5.41) is 36.0. The van der Waals surface area contributed by atoms with Crippen LogP contribution in [0.25, 0.3) is 22.1 Å². The van der Waals surface area contributed by atoms with E-state index in [1.807, 2.05) is 35.8 Å². The third-order valence-electron chi connectivity index (χ3n) is 4.28. The van der Waals surface area contributed by atoms with Crippen LogP contribution in [0.1, 0.15) is 12.5 Å². The first-order valence-electron chi connectivity index (χ1n) is 8.45. The summed E-state index contributed by atoms with van der Waals surface area (Å²) >= 11 is 0. The third-order valence-corrected chi connectivity index (χ3v) is 4.28. The molecule has 0 saturated carbocycles. The van der Waals surface area contributed by atoms with Gasteiger partial charge in [-0.1, -0.05) is 30.3 Å². The van der Waals surface area contributed by atoms with E-state index in [-0.39, 0.29) is 11.5 Å². The lowest BCUT2D eigenvalue weighted by atomic mass is 10.2. The minimum absolute atomic E-state index is 0.0819. The zero-order valence-electron chi connectivity index (χ0n) is 14.7. The number of anilines is 1. The number of benzene rings is 2. The predicted molar refractivity (Wildman–Crippen MR) is 102 cm³/mol. The molecule has 4 aromatic rings. The first kappa shape index (κ1) is 17.3. The van der Waals surface area contributed by atoms with Crippen molar-refractivity contribution in [2.45, 2.75) is 13.5 Å². The lowest BCUT2D eigenvalue weighted by molar-refractivity contribution is -0.398. The van der Waals surface area contributed by atoms with E-state index in [9.17, 15) is 15.2 Å². The van der Waals surface area contributed by atoms with Crippen molar-refractivity contribution in [3.63, 3.8) is 0 Å². The van der Waals surface area contributed by atoms with Crippen LogP contribution in [-0.2, 0) is 6.54 Å². The molecule has 0 unspecified atom stereocenters. The number of aryl methyl sites for hydroxylation is 1. The highest BCUT2D eigenvalue weighted by Gasteiger charge is 2.13. The predicted octanol–water partition coefficient (Wildman–Crippen LogP) is 2.43. The van der Waals surface area contributed by atoms with E-state index < -0.39 is 16.4 Å². The summed E-state index contributed by atoms with van der Waals surface area (Å²) < 4.78 is 2.02. The fourth-order valence-corrected chi connectivity index (χ4v) is 3.02. The minimum Gasteiger partial charge on any atom is -0.867 e. The molecule has 10 nitrogen and oxygen atoms in total. The number of nitro groups is 1. The number of hydrogen-bond acceptors (Lipinski definition) is 8. The smallest absolute Gasteiger partial charge is 0.265 e. The van der Waals surface area contributed by atoms with E-state index in [1.165, 1.54) is 18.3 Å². The molecule has 10 heteroatoms. The molecule has 0 spiro atoms. The van der Waals surface area contributed by atoms with Gasteiger partial charge in [-0.3, -0.25) is 10.1 Å². The number of nitro benzene ring substituents is 1. The Morgan fingerprint density at radius 2 is 2.04 bits per heavy atom. The van der Waals surface area contributed by atoms with E-state index in [2.05, 4.69) is 25.7 Å². The molecule has 2 aromatic carbocycles. The van der Waals surface area contributed by atoms with Crippen molar-refractivity contribution in [2.75, 3.05) is 5.43 Å². The van der Waals surface area contributed by atoms with Crippen LogP contribution in [-0.4, -0.2) is 30.9 Å². The van der Waals surface area contributed by atoms with Gasteiger partial charge in [0.2, 0.25) is 0 Å². The second kappa shape index (κ2) is 6.91. The maximum atomic E-state index is 12.0. The van der Waals surface area contributed by atoms with Crippen LogP contribution in [0.15, 0.2) is 47.6 Å². The Kier molecular flexibility index (Phi) is 4.28. The lowest BCUT2D eigenvalue weighted by Crippen LogP contribution is -2.04. The van der Waals surface area contributed by atoms with E-state index in [0.29, 0.717) is 17.7 Å². The molecule has 0 fully saturated rings. The van der Waals surface area contributed by atoms with Gasteiger partial charge >= 0.3 is 0 Å². The molecule has 28 heavy (non-hydrogen) atoms. The Morgan fingerprint density at radius 1 is 1.21 bits per heavy atom. The van der Waals surface area contributed by atoms with Crippen molar-refractivity contribution in [1.29, 1.82) is 0 Å². The lowest BCUT2D eigenvalue weighted by Gasteiger charge is -2.09. The first-order valence-corrected chi connectivity index (χ1v) is 8.45. The summed E-state index contributed by atoms with van der Waals surface area (Å²) in [6, 6.07) is 11.8. The molecule has 0 saturated heterocycles. The molecule has 0 aliphatic rings. The molecule has 2 heterocycles. The van der Waals surface area contributed by atoms with Crippen LogP contribution in [0.2, 0.25) is 0 Å². The molecule has 0 aliphatic heterocycles. The number of hydrogen-bond donors (Lipinski definition) is 1.